The fraction of sp³-hybridized carbons (Fsp3) is 0.158. The fourth-order valence-electron chi connectivity index (χ4n) is 3.20. The van der Waals surface area contributed by atoms with Crippen LogP contribution in [0.5, 0.6) is 0 Å². The molecule has 1 aliphatic carbocycles. The number of carbonyl (C=O) groups excluding carboxylic acids is 1. The molecule has 9 heteroatoms. The third-order valence-electron chi connectivity index (χ3n) is 4.39. The van der Waals surface area contributed by atoms with E-state index in [2.05, 4.69) is 20.3 Å². The first-order chi connectivity index (χ1) is 13.3. The SMILES string of the molecule is O=C1NCc2c1cccc2-c1cc(C2=CC(OC(F)(F)P)C=C(F)C=C2)n[nH]1. The number of ether oxygens (including phenoxy) is 1. The summed E-state index contributed by atoms with van der Waals surface area (Å²) in [5.74, 6) is -4.31. The van der Waals surface area contributed by atoms with Crippen molar-refractivity contribution >= 4 is 20.7 Å². The maximum absolute atomic E-state index is 13.8. The number of fused-ring (bicyclic) bond motifs is 1. The molecule has 0 bridgehead atoms. The summed E-state index contributed by atoms with van der Waals surface area (Å²) in [6, 6.07) is 7.09. The smallest absolute Gasteiger partial charge is 0.348 e. The van der Waals surface area contributed by atoms with Crippen molar-refractivity contribution in [2.24, 2.45) is 0 Å². The second kappa shape index (κ2) is 7.04. The number of carbonyl (C=O) groups is 1. The predicted molar refractivity (Wildman–Crippen MR) is 101 cm³/mol. The third-order valence-corrected chi connectivity index (χ3v) is 4.53. The third kappa shape index (κ3) is 3.79. The molecule has 1 amide bonds. The van der Waals surface area contributed by atoms with E-state index >= 15 is 0 Å². The van der Waals surface area contributed by atoms with E-state index in [0.717, 1.165) is 23.3 Å². The van der Waals surface area contributed by atoms with Crippen LogP contribution in [-0.4, -0.2) is 28.1 Å². The number of nitrogens with zero attached hydrogens (tertiary/aromatic N) is 1. The Kier molecular flexibility index (Phi) is 4.69. The molecule has 2 N–H and O–H groups in total. The van der Waals surface area contributed by atoms with Crippen LogP contribution in [0.15, 0.2) is 54.4 Å². The molecule has 5 nitrogen and oxygen atoms in total. The molecule has 0 fully saturated rings. The summed E-state index contributed by atoms with van der Waals surface area (Å²) in [6.07, 6.45) is 3.65. The van der Waals surface area contributed by atoms with Gasteiger partial charge in [0.25, 0.3) is 5.91 Å². The molecular formula is C19H15F3N3O2P. The van der Waals surface area contributed by atoms with E-state index in [-0.39, 0.29) is 5.91 Å². The minimum atomic E-state index is -3.49. The molecule has 0 radical (unpaired) electrons. The number of aromatic nitrogens is 2. The van der Waals surface area contributed by atoms with Crippen molar-refractivity contribution in [1.82, 2.24) is 15.5 Å². The molecule has 0 saturated heterocycles. The Morgan fingerprint density at radius 1 is 1.21 bits per heavy atom. The van der Waals surface area contributed by atoms with Gasteiger partial charge < -0.3 is 10.1 Å². The summed E-state index contributed by atoms with van der Waals surface area (Å²) in [4.78, 5) is 11.8. The second-order valence-electron chi connectivity index (χ2n) is 6.33. The zero-order chi connectivity index (χ0) is 19.9. The number of benzene rings is 1. The molecule has 1 aromatic heterocycles. The van der Waals surface area contributed by atoms with Crippen LogP contribution >= 0.6 is 9.24 Å². The van der Waals surface area contributed by atoms with Crippen molar-refractivity contribution in [3.8, 4) is 11.3 Å². The van der Waals surface area contributed by atoms with Crippen LogP contribution in [0.3, 0.4) is 0 Å². The topological polar surface area (TPSA) is 67.0 Å². The summed E-state index contributed by atoms with van der Waals surface area (Å²) < 4.78 is 44.6. The molecule has 2 aromatic rings. The van der Waals surface area contributed by atoms with Gasteiger partial charge in [0.15, 0.2) is 0 Å². The lowest BCUT2D eigenvalue weighted by atomic mass is 10.00. The van der Waals surface area contributed by atoms with Gasteiger partial charge in [0.05, 0.1) is 11.4 Å². The van der Waals surface area contributed by atoms with E-state index in [1.54, 1.807) is 18.2 Å². The average Bonchev–Trinajstić information content (AvgIpc) is 3.20. The lowest BCUT2D eigenvalue weighted by molar-refractivity contribution is -0.172. The highest BCUT2D eigenvalue weighted by Crippen LogP contribution is 2.32. The van der Waals surface area contributed by atoms with Crippen LogP contribution in [-0.2, 0) is 11.3 Å². The van der Waals surface area contributed by atoms with Crippen LogP contribution in [0.1, 0.15) is 21.6 Å². The van der Waals surface area contributed by atoms with Gasteiger partial charge in [-0.25, -0.2) is 4.39 Å². The maximum Gasteiger partial charge on any atom is 0.367 e. The number of rotatable bonds is 4. The van der Waals surface area contributed by atoms with Gasteiger partial charge in [-0.1, -0.05) is 18.2 Å². The van der Waals surface area contributed by atoms with E-state index < -0.39 is 17.8 Å². The van der Waals surface area contributed by atoms with E-state index in [9.17, 15) is 18.0 Å². The lowest BCUT2D eigenvalue weighted by Gasteiger charge is -2.16. The number of halogens is 3. The molecule has 4 rings (SSSR count). The van der Waals surface area contributed by atoms with Gasteiger partial charge in [-0.15, -0.1) is 0 Å². The van der Waals surface area contributed by atoms with Crippen molar-refractivity contribution in [3.63, 3.8) is 0 Å². The molecular weight excluding hydrogens is 390 g/mol. The lowest BCUT2D eigenvalue weighted by Crippen LogP contribution is -2.19. The number of allylic oxidation sites excluding steroid dienone is 4. The Labute approximate surface area is 160 Å². The molecule has 0 spiro atoms. The number of alkyl halides is 2. The Morgan fingerprint density at radius 3 is 2.79 bits per heavy atom. The molecule has 0 saturated carbocycles. The molecule has 2 unspecified atom stereocenters. The van der Waals surface area contributed by atoms with Crippen molar-refractivity contribution in [2.75, 3.05) is 0 Å². The molecule has 144 valence electrons. The second-order valence-corrected chi connectivity index (χ2v) is 7.00. The van der Waals surface area contributed by atoms with E-state index in [4.69, 9.17) is 0 Å². The minimum Gasteiger partial charge on any atom is -0.348 e. The number of H-pyrrole nitrogens is 1. The summed E-state index contributed by atoms with van der Waals surface area (Å²) in [5.41, 5.74) is 3.78. The normalized spacial score (nSPS) is 19.0. The molecule has 1 aromatic carbocycles. The zero-order valence-corrected chi connectivity index (χ0v) is 15.5. The minimum absolute atomic E-state index is 0.133. The standard InChI is InChI=1S/C19H15F3N3O2P/c20-11-5-4-10(6-12(7-11)27-19(21,22)28)16-8-17(25-24-16)13-2-1-3-14-15(13)9-23-18(14)26/h1-8,12H,9,28H2,(H,23,26)(H,24,25). The van der Waals surface area contributed by atoms with Gasteiger partial charge in [-0.05, 0) is 45.2 Å². The predicted octanol–water partition coefficient (Wildman–Crippen LogP) is 3.94. The van der Waals surface area contributed by atoms with Crippen LogP contribution in [0.2, 0.25) is 0 Å². The Morgan fingerprint density at radius 2 is 2.00 bits per heavy atom. The van der Waals surface area contributed by atoms with E-state index in [1.165, 1.54) is 21.4 Å². The highest BCUT2D eigenvalue weighted by Gasteiger charge is 2.27. The number of hydrogen-bond donors (Lipinski definition) is 2. The number of aromatic amines is 1. The van der Waals surface area contributed by atoms with Gasteiger partial charge in [0, 0.05) is 23.2 Å². The van der Waals surface area contributed by atoms with Crippen molar-refractivity contribution in [1.29, 1.82) is 0 Å². The average molecular weight is 405 g/mol. The first-order valence-corrected chi connectivity index (χ1v) is 8.96. The Hall–Kier alpha value is -2.70. The van der Waals surface area contributed by atoms with Gasteiger partial charge in [-0.2, -0.15) is 13.9 Å². The van der Waals surface area contributed by atoms with Gasteiger partial charge in [-0.3, -0.25) is 9.89 Å². The fourth-order valence-corrected chi connectivity index (χ4v) is 3.35. The van der Waals surface area contributed by atoms with Gasteiger partial charge in [0.1, 0.15) is 11.9 Å². The highest BCUT2D eigenvalue weighted by molar-refractivity contribution is 7.17. The monoisotopic (exact) mass is 405 g/mol. The Bertz CT molecular complexity index is 1040. The summed E-state index contributed by atoms with van der Waals surface area (Å²) in [5, 5.41) is 9.88. The van der Waals surface area contributed by atoms with Crippen molar-refractivity contribution in [3.05, 3.63) is 71.2 Å². The van der Waals surface area contributed by atoms with E-state index in [1.807, 2.05) is 6.07 Å². The number of nitrogens with one attached hydrogen (secondary N) is 2. The first kappa shape index (κ1) is 18.7. The van der Waals surface area contributed by atoms with Crippen LogP contribution in [0.4, 0.5) is 13.2 Å². The quantitative estimate of drug-likeness (QED) is 0.758. The molecule has 2 atom stereocenters. The molecule has 2 aliphatic rings. The van der Waals surface area contributed by atoms with Crippen LogP contribution in [0, 0.1) is 0 Å². The molecule has 1 aliphatic heterocycles. The summed E-state index contributed by atoms with van der Waals surface area (Å²) in [6.45, 7) is 0.412. The van der Waals surface area contributed by atoms with Crippen molar-refractivity contribution in [2.45, 2.75) is 18.5 Å². The summed E-state index contributed by atoms with van der Waals surface area (Å²) >= 11 is 0. The molecule has 28 heavy (non-hydrogen) atoms. The largest absolute Gasteiger partial charge is 0.367 e. The first-order valence-electron chi connectivity index (χ1n) is 8.38. The van der Waals surface area contributed by atoms with Crippen molar-refractivity contribution < 1.29 is 22.7 Å². The number of amides is 1. The Balaban J connectivity index is 1.68. The summed E-state index contributed by atoms with van der Waals surface area (Å²) in [7, 11) is 1.26. The molecule has 2 heterocycles. The van der Waals surface area contributed by atoms with Gasteiger partial charge >= 0.3 is 5.85 Å². The maximum atomic E-state index is 13.8. The zero-order valence-electron chi connectivity index (χ0n) is 14.4. The highest BCUT2D eigenvalue weighted by atomic mass is 31.0. The van der Waals surface area contributed by atoms with Crippen LogP contribution in [0.25, 0.3) is 16.8 Å². The van der Waals surface area contributed by atoms with Gasteiger partial charge in [0.2, 0.25) is 0 Å². The van der Waals surface area contributed by atoms with Crippen LogP contribution < -0.4 is 5.32 Å². The van der Waals surface area contributed by atoms with E-state index in [0.29, 0.717) is 29.1 Å². The number of hydrogen-bond acceptors (Lipinski definition) is 3.